The first-order valence-electron chi connectivity index (χ1n) is 12.7. The summed E-state index contributed by atoms with van der Waals surface area (Å²) >= 11 is 8.97. The molecule has 0 aromatic carbocycles. The molecule has 0 amide bonds. The molecular weight excluding hydrogens is 429 g/mol. The lowest BCUT2D eigenvalue weighted by Gasteiger charge is -2.40. The molecule has 6 fully saturated rings. The van der Waals surface area contributed by atoms with E-state index in [4.69, 9.17) is 0 Å². The molecule has 0 spiro atoms. The van der Waals surface area contributed by atoms with Gasteiger partial charge in [0.25, 0.3) is 0 Å². The molecule has 29 heavy (non-hydrogen) atoms. The summed E-state index contributed by atoms with van der Waals surface area (Å²) in [5.74, 6) is 12.4. The quantitative estimate of drug-likeness (QED) is 0.305. The van der Waals surface area contributed by atoms with E-state index in [1.165, 1.54) is 23.0 Å². The van der Waals surface area contributed by atoms with Gasteiger partial charge in [-0.15, -0.1) is 0 Å². The van der Waals surface area contributed by atoms with Gasteiger partial charge in [0.2, 0.25) is 0 Å². The van der Waals surface area contributed by atoms with Gasteiger partial charge in [0.1, 0.15) is 0 Å². The fourth-order valence-corrected chi connectivity index (χ4v) is 10.1. The Morgan fingerprint density at radius 3 is 0.759 bits per heavy atom. The molecule has 0 nitrogen and oxygen atoms in total. The molecule has 2 saturated carbocycles. The standard InChI is InChI=1S/C25H40S4/c1(16-2-18(8-22-12-26-22)6-19(3-16)9-23-13-27-23)17-4-20(10-24-14-28-24)7-21(5-17)11-25-15-29-25/h16-25H,1-15H2. The molecule has 4 saturated heterocycles. The predicted octanol–water partition coefficient (Wildman–Crippen LogP) is 7.46. The van der Waals surface area contributed by atoms with Crippen LogP contribution in [0, 0.1) is 35.5 Å². The van der Waals surface area contributed by atoms with Gasteiger partial charge in [0, 0.05) is 44.0 Å². The summed E-state index contributed by atoms with van der Waals surface area (Å²) in [5, 5.41) is 4.24. The molecule has 0 radical (unpaired) electrons. The molecule has 4 heteroatoms. The number of thioether (sulfide) groups is 4. The van der Waals surface area contributed by atoms with Crippen molar-refractivity contribution in [2.45, 2.75) is 91.6 Å². The lowest BCUT2D eigenvalue weighted by Crippen LogP contribution is -2.30. The van der Waals surface area contributed by atoms with E-state index in [9.17, 15) is 0 Å². The van der Waals surface area contributed by atoms with Crippen LogP contribution in [0.1, 0.15) is 70.6 Å². The van der Waals surface area contributed by atoms with Gasteiger partial charge in [-0.25, -0.2) is 0 Å². The van der Waals surface area contributed by atoms with Crippen LogP contribution in [0.2, 0.25) is 0 Å². The fourth-order valence-electron chi connectivity index (χ4n) is 7.34. The smallest absolute Gasteiger partial charge is 0.0141 e. The Hall–Kier alpha value is 1.40. The monoisotopic (exact) mass is 468 g/mol. The number of rotatable bonds is 10. The fraction of sp³-hybridized carbons (Fsp3) is 1.00. The Morgan fingerprint density at radius 1 is 0.345 bits per heavy atom. The lowest BCUT2D eigenvalue weighted by molar-refractivity contribution is 0.116. The highest BCUT2D eigenvalue weighted by atomic mass is 32.2. The molecule has 0 N–H and O–H groups in total. The van der Waals surface area contributed by atoms with Crippen LogP contribution in [0.3, 0.4) is 0 Å². The summed E-state index contributed by atoms with van der Waals surface area (Å²) in [6.45, 7) is 0. The van der Waals surface area contributed by atoms with Crippen LogP contribution < -0.4 is 0 Å². The van der Waals surface area contributed by atoms with Gasteiger partial charge in [0.15, 0.2) is 0 Å². The Kier molecular flexibility index (Phi) is 6.75. The van der Waals surface area contributed by atoms with E-state index in [1.807, 2.05) is 0 Å². The van der Waals surface area contributed by atoms with Crippen LogP contribution in [0.15, 0.2) is 0 Å². The molecule has 0 aromatic heterocycles. The zero-order valence-corrected chi connectivity index (χ0v) is 21.3. The first-order valence-corrected chi connectivity index (χ1v) is 16.9. The highest BCUT2D eigenvalue weighted by Gasteiger charge is 2.40. The van der Waals surface area contributed by atoms with Crippen molar-refractivity contribution in [3.05, 3.63) is 0 Å². The van der Waals surface area contributed by atoms with E-state index in [0.717, 1.165) is 56.5 Å². The van der Waals surface area contributed by atoms with Crippen LogP contribution in [0.25, 0.3) is 0 Å². The molecule has 0 bridgehead atoms. The average molecular weight is 469 g/mol. The van der Waals surface area contributed by atoms with Crippen molar-refractivity contribution >= 4 is 47.0 Å². The SMILES string of the molecule is C(C1CC(CC2CS2)CC(CC2CS2)C1)C1CC(CC2CS2)CC(CC2CS2)C1. The number of hydrogen-bond acceptors (Lipinski definition) is 4. The van der Waals surface area contributed by atoms with Crippen molar-refractivity contribution in [3.63, 3.8) is 0 Å². The maximum atomic E-state index is 2.24. The maximum Gasteiger partial charge on any atom is 0.0141 e. The minimum Gasteiger partial charge on any atom is -0.157 e. The van der Waals surface area contributed by atoms with Crippen molar-refractivity contribution in [2.75, 3.05) is 23.0 Å². The summed E-state index contributed by atoms with van der Waals surface area (Å²) < 4.78 is 0. The maximum absolute atomic E-state index is 2.24. The Bertz CT molecular complexity index is 459. The van der Waals surface area contributed by atoms with Gasteiger partial charge in [0.05, 0.1) is 0 Å². The first-order chi connectivity index (χ1) is 14.2. The van der Waals surface area contributed by atoms with Gasteiger partial charge in [-0.05, 0) is 106 Å². The van der Waals surface area contributed by atoms with Crippen molar-refractivity contribution in [2.24, 2.45) is 35.5 Å². The van der Waals surface area contributed by atoms with Gasteiger partial charge >= 0.3 is 0 Å². The summed E-state index contributed by atoms with van der Waals surface area (Å²) in [6, 6.07) is 0. The van der Waals surface area contributed by atoms with Crippen molar-refractivity contribution in [1.82, 2.24) is 0 Å². The Balaban J connectivity index is 1.07. The normalized spacial score (nSPS) is 50.9. The minimum absolute atomic E-state index is 1.06. The molecular formula is C25H40S4. The number of hydrogen-bond donors (Lipinski definition) is 0. The highest BCUT2D eigenvalue weighted by Crippen LogP contribution is 2.51. The summed E-state index contributed by atoms with van der Waals surface area (Å²) in [7, 11) is 0. The van der Waals surface area contributed by atoms with Gasteiger partial charge < -0.3 is 0 Å². The zero-order valence-electron chi connectivity index (χ0n) is 18.0. The largest absolute Gasteiger partial charge is 0.157 e. The highest BCUT2D eigenvalue weighted by molar-refractivity contribution is 8.07. The molecule has 0 aromatic rings. The van der Waals surface area contributed by atoms with Crippen molar-refractivity contribution < 1.29 is 0 Å². The zero-order chi connectivity index (χ0) is 19.2. The average Bonchev–Trinajstić information content (AvgIpc) is 3.49. The van der Waals surface area contributed by atoms with Gasteiger partial charge in [-0.1, -0.05) is 0 Å². The lowest BCUT2D eigenvalue weighted by atomic mass is 9.65. The van der Waals surface area contributed by atoms with Crippen LogP contribution in [0.5, 0.6) is 0 Å². The van der Waals surface area contributed by atoms with E-state index < -0.39 is 0 Å². The van der Waals surface area contributed by atoms with Crippen LogP contribution in [-0.2, 0) is 0 Å². The second-order valence-electron chi connectivity index (χ2n) is 11.6. The molecule has 164 valence electrons. The minimum atomic E-state index is 1.06. The first kappa shape index (κ1) is 21.0. The Labute approximate surface area is 196 Å². The third kappa shape index (κ3) is 6.70. The van der Waals surface area contributed by atoms with Crippen LogP contribution in [0.4, 0.5) is 0 Å². The topological polar surface area (TPSA) is 0 Å². The van der Waals surface area contributed by atoms with E-state index in [0.29, 0.717) is 0 Å². The predicted molar refractivity (Wildman–Crippen MR) is 137 cm³/mol. The van der Waals surface area contributed by atoms with Crippen molar-refractivity contribution in [3.8, 4) is 0 Å². The molecule has 6 aliphatic rings. The van der Waals surface area contributed by atoms with E-state index in [-0.39, 0.29) is 0 Å². The summed E-state index contributed by atoms with van der Waals surface area (Å²) in [6.07, 6.45) is 17.5. The Morgan fingerprint density at radius 2 is 0.552 bits per heavy atom. The second kappa shape index (κ2) is 9.34. The third-order valence-electron chi connectivity index (χ3n) is 8.66. The van der Waals surface area contributed by atoms with Gasteiger partial charge in [-0.2, -0.15) is 47.0 Å². The molecule has 8 unspecified atom stereocenters. The molecule has 2 aliphatic carbocycles. The summed E-state index contributed by atoms with van der Waals surface area (Å²) in [4.78, 5) is 0. The van der Waals surface area contributed by atoms with E-state index >= 15 is 0 Å². The van der Waals surface area contributed by atoms with Gasteiger partial charge in [-0.3, -0.25) is 0 Å². The molecule has 6 rings (SSSR count). The van der Waals surface area contributed by atoms with Crippen LogP contribution in [-0.4, -0.2) is 44.0 Å². The third-order valence-corrected chi connectivity index (χ3v) is 12.6. The summed E-state index contributed by atoms with van der Waals surface area (Å²) in [5.41, 5.74) is 0. The second-order valence-corrected chi connectivity index (χ2v) is 16.9. The van der Waals surface area contributed by atoms with E-state index in [1.54, 1.807) is 70.6 Å². The molecule has 8 atom stereocenters. The molecule has 4 heterocycles. The van der Waals surface area contributed by atoms with E-state index in [2.05, 4.69) is 47.0 Å². The van der Waals surface area contributed by atoms with Crippen molar-refractivity contribution in [1.29, 1.82) is 0 Å². The van der Waals surface area contributed by atoms with Crippen LogP contribution >= 0.6 is 47.0 Å². The molecule has 4 aliphatic heterocycles.